The van der Waals surface area contributed by atoms with Crippen LogP contribution in [-0.4, -0.2) is 48.9 Å². The maximum atomic E-state index is 11.7. The molecular weight excluding hydrogens is 351 g/mol. The molecule has 2 aliphatic heterocycles. The van der Waals surface area contributed by atoms with E-state index >= 15 is 0 Å². The van der Waals surface area contributed by atoms with Gasteiger partial charge in [-0.2, -0.15) is 0 Å². The third kappa shape index (κ3) is 5.18. The molecular formula is C18H27N4O3P. The molecule has 2 heterocycles. The van der Waals surface area contributed by atoms with E-state index in [1.54, 1.807) is 7.05 Å². The van der Waals surface area contributed by atoms with E-state index < -0.39 is 6.04 Å². The van der Waals surface area contributed by atoms with Crippen molar-refractivity contribution < 1.29 is 14.3 Å². The molecule has 0 spiro atoms. The van der Waals surface area contributed by atoms with Crippen LogP contribution in [0.15, 0.2) is 35.3 Å². The molecule has 2 N–H and O–H groups in total. The van der Waals surface area contributed by atoms with Crippen molar-refractivity contribution in [3.63, 3.8) is 0 Å². The normalized spacial score (nSPS) is 21.4. The Bertz CT molecular complexity index is 635. The summed E-state index contributed by atoms with van der Waals surface area (Å²) < 4.78 is 5.16. The van der Waals surface area contributed by atoms with Crippen LogP contribution in [0.25, 0.3) is 0 Å². The number of nitrogens with one attached hydrogen (secondary N) is 2. The molecule has 1 aromatic rings. The summed E-state index contributed by atoms with van der Waals surface area (Å²) in [4.78, 5) is 29.0. The average Bonchev–Trinajstić information content (AvgIpc) is 2.62. The molecule has 1 amide bonds. The van der Waals surface area contributed by atoms with Crippen molar-refractivity contribution in [2.24, 2.45) is 10.9 Å². The number of esters is 1. The van der Waals surface area contributed by atoms with Crippen molar-refractivity contribution in [1.29, 1.82) is 0 Å². The number of hydrogen-bond donors (Lipinski definition) is 2. The van der Waals surface area contributed by atoms with E-state index in [1.807, 2.05) is 37.3 Å². The molecule has 26 heavy (non-hydrogen) atoms. The minimum absolute atomic E-state index is 0.0610. The summed E-state index contributed by atoms with van der Waals surface area (Å²) in [5.74, 6) is 0.346. The topological polar surface area (TPSA) is 83.0 Å². The number of β-lactam (4-membered cyclic amide) rings is 1. The second kappa shape index (κ2) is 10.1. The highest BCUT2D eigenvalue weighted by molar-refractivity contribution is 7.15. The molecule has 0 aliphatic carbocycles. The Hall–Kier alpha value is -2.14. The number of guanidine groups is 1. The van der Waals surface area contributed by atoms with Crippen LogP contribution < -0.4 is 10.4 Å². The summed E-state index contributed by atoms with van der Waals surface area (Å²) in [5, 5.41) is 5.51. The SMILES string of the molecule is CCC1C(=O)NC1C(=O)OCc1ccccc1.CN=C(NP)N1CCC1. The van der Waals surface area contributed by atoms with Gasteiger partial charge in [-0.15, -0.1) is 0 Å². The Morgan fingerprint density at radius 2 is 2.08 bits per heavy atom. The van der Waals surface area contributed by atoms with Gasteiger partial charge in [0.25, 0.3) is 0 Å². The van der Waals surface area contributed by atoms with E-state index in [4.69, 9.17) is 4.74 Å². The van der Waals surface area contributed by atoms with E-state index in [0.717, 1.165) is 24.6 Å². The Balaban J connectivity index is 0.000000228. The van der Waals surface area contributed by atoms with Crippen LogP contribution >= 0.6 is 9.39 Å². The largest absolute Gasteiger partial charge is 0.459 e. The van der Waals surface area contributed by atoms with E-state index in [0.29, 0.717) is 6.42 Å². The zero-order chi connectivity index (χ0) is 18.9. The molecule has 2 fully saturated rings. The maximum Gasteiger partial charge on any atom is 0.329 e. The van der Waals surface area contributed by atoms with Gasteiger partial charge >= 0.3 is 5.97 Å². The van der Waals surface area contributed by atoms with Crippen LogP contribution in [0.3, 0.4) is 0 Å². The molecule has 2 aliphatic rings. The Morgan fingerprint density at radius 1 is 1.38 bits per heavy atom. The molecule has 0 aromatic heterocycles. The predicted octanol–water partition coefficient (Wildman–Crippen LogP) is 1.31. The number of carbonyl (C=O) groups excluding carboxylic acids is 2. The third-order valence-corrected chi connectivity index (χ3v) is 4.71. The van der Waals surface area contributed by atoms with Crippen LogP contribution in [-0.2, 0) is 20.9 Å². The molecule has 0 bridgehead atoms. The minimum atomic E-state index is -0.462. The Kier molecular flexibility index (Phi) is 7.85. The van der Waals surface area contributed by atoms with Crippen molar-refractivity contribution in [3.8, 4) is 0 Å². The average molecular weight is 378 g/mol. The number of nitrogens with zero attached hydrogens (tertiary/aromatic N) is 2. The summed E-state index contributed by atoms with van der Waals surface area (Å²) >= 11 is 0. The molecule has 142 valence electrons. The molecule has 0 radical (unpaired) electrons. The summed E-state index contributed by atoms with van der Waals surface area (Å²) in [6, 6.07) is 9.02. The van der Waals surface area contributed by atoms with Gasteiger partial charge < -0.3 is 20.0 Å². The maximum absolute atomic E-state index is 11.7. The van der Waals surface area contributed by atoms with Crippen molar-refractivity contribution in [2.75, 3.05) is 20.1 Å². The number of ether oxygens (including phenoxy) is 1. The van der Waals surface area contributed by atoms with E-state index in [1.165, 1.54) is 6.42 Å². The first-order valence-electron chi connectivity index (χ1n) is 8.80. The quantitative estimate of drug-likeness (QED) is 0.271. The Morgan fingerprint density at radius 3 is 2.50 bits per heavy atom. The molecule has 7 nitrogen and oxygen atoms in total. The van der Waals surface area contributed by atoms with Gasteiger partial charge in [0.2, 0.25) is 5.91 Å². The van der Waals surface area contributed by atoms with Gasteiger partial charge in [0.05, 0.1) is 5.92 Å². The first kappa shape index (κ1) is 20.2. The summed E-state index contributed by atoms with van der Waals surface area (Å²) in [6.45, 7) is 4.44. The molecule has 3 atom stereocenters. The first-order valence-corrected chi connectivity index (χ1v) is 9.37. The molecule has 3 unspecified atom stereocenters. The van der Waals surface area contributed by atoms with Crippen molar-refractivity contribution >= 4 is 27.2 Å². The zero-order valence-corrected chi connectivity index (χ0v) is 16.4. The number of benzene rings is 1. The summed E-state index contributed by atoms with van der Waals surface area (Å²) in [5.41, 5.74) is 0.944. The highest BCUT2D eigenvalue weighted by atomic mass is 31.0. The number of likely N-dealkylation sites (tertiary alicyclic amines) is 1. The summed E-state index contributed by atoms with van der Waals surface area (Å²) in [6.07, 6.45) is 1.96. The minimum Gasteiger partial charge on any atom is -0.459 e. The number of carbonyl (C=O) groups is 2. The van der Waals surface area contributed by atoms with E-state index in [2.05, 4.69) is 29.7 Å². The van der Waals surface area contributed by atoms with Crippen LogP contribution in [0.2, 0.25) is 0 Å². The van der Waals surface area contributed by atoms with Gasteiger partial charge in [-0.3, -0.25) is 9.79 Å². The van der Waals surface area contributed by atoms with Crippen molar-refractivity contribution in [1.82, 2.24) is 15.3 Å². The monoisotopic (exact) mass is 378 g/mol. The fourth-order valence-corrected chi connectivity index (χ4v) is 3.02. The third-order valence-electron chi connectivity index (χ3n) is 4.45. The lowest BCUT2D eigenvalue weighted by Gasteiger charge is -2.33. The molecule has 8 heteroatoms. The lowest BCUT2D eigenvalue weighted by atomic mass is 9.88. The number of rotatable bonds is 4. The highest BCUT2D eigenvalue weighted by Crippen LogP contribution is 2.20. The first-order chi connectivity index (χ1) is 12.6. The highest BCUT2D eigenvalue weighted by Gasteiger charge is 2.43. The molecule has 1 aromatic carbocycles. The van der Waals surface area contributed by atoms with Crippen LogP contribution in [0, 0.1) is 5.92 Å². The smallest absolute Gasteiger partial charge is 0.329 e. The second-order valence-corrected chi connectivity index (χ2v) is 6.42. The molecule has 2 saturated heterocycles. The van der Waals surface area contributed by atoms with Gasteiger partial charge in [0, 0.05) is 20.1 Å². The van der Waals surface area contributed by atoms with Crippen molar-refractivity contribution in [2.45, 2.75) is 32.4 Å². The van der Waals surface area contributed by atoms with Crippen molar-refractivity contribution in [3.05, 3.63) is 35.9 Å². The lowest BCUT2D eigenvalue weighted by molar-refractivity contribution is -0.159. The van der Waals surface area contributed by atoms with Gasteiger partial charge in [0.1, 0.15) is 12.6 Å². The molecule has 3 rings (SSSR count). The fraction of sp³-hybridized carbons (Fsp3) is 0.500. The zero-order valence-electron chi connectivity index (χ0n) is 15.3. The Labute approximate surface area is 156 Å². The summed E-state index contributed by atoms with van der Waals surface area (Å²) in [7, 11) is 4.24. The standard InChI is InChI=1S/C13H15NO3.C5H12N3P/c1-2-10-11(14-12(10)15)13(16)17-8-9-6-4-3-5-7-9;1-6-5(7-9)8-3-2-4-8/h3-7,10-11H,2,8H2,1H3,(H,14,15);2-4,9H2,1H3,(H,6,7). The fourth-order valence-electron chi connectivity index (χ4n) is 2.70. The van der Waals surface area contributed by atoms with Crippen LogP contribution in [0.5, 0.6) is 0 Å². The molecule has 0 saturated carbocycles. The van der Waals surface area contributed by atoms with Gasteiger partial charge in [-0.25, -0.2) is 4.79 Å². The second-order valence-electron chi connectivity index (χ2n) is 6.13. The van der Waals surface area contributed by atoms with Gasteiger partial charge in [0.15, 0.2) is 5.96 Å². The lowest BCUT2D eigenvalue weighted by Crippen LogP contribution is -2.62. The van der Waals surface area contributed by atoms with E-state index in [-0.39, 0.29) is 24.4 Å². The van der Waals surface area contributed by atoms with Gasteiger partial charge in [-0.1, -0.05) is 37.3 Å². The van der Waals surface area contributed by atoms with Crippen LogP contribution in [0.1, 0.15) is 25.3 Å². The number of hydrogen-bond acceptors (Lipinski definition) is 4. The number of aliphatic imine (C=N–C) groups is 1. The predicted molar refractivity (Wildman–Crippen MR) is 104 cm³/mol. The van der Waals surface area contributed by atoms with Crippen LogP contribution in [0.4, 0.5) is 0 Å². The number of amides is 1. The van der Waals surface area contributed by atoms with E-state index in [9.17, 15) is 9.59 Å². The van der Waals surface area contributed by atoms with Gasteiger partial charge in [-0.05, 0) is 27.8 Å².